The number of hydrogen-bond donors (Lipinski definition) is 1. The first-order chi connectivity index (χ1) is 5.52. The molecule has 0 heterocycles. The molecule has 4 heteroatoms. The molecule has 0 aliphatic heterocycles. The van der Waals surface area contributed by atoms with Gasteiger partial charge < -0.3 is 10.1 Å². The zero-order valence-corrected chi connectivity index (χ0v) is 7.19. The van der Waals surface area contributed by atoms with Gasteiger partial charge in [-0.3, -0.25) is 0 Å². The standard InChI is InChI=1S/C8H12FNO2/c1-4-8(2,3)10-7(11)12-6-5-9/h1H,5-6H2,2-3H3,(H,10,11). The number of carbonyl (C=O) groups is 1. The molecule has 0 atom stereocenters. The number of terminal acetylenes is 1. The van der Waals surface area contributed by atoms with Crippen LogP contribution in [0.2, 0.25) is 0 Å². The van der Waals surface area contributed by atoms with Crippen LogP contribution in [0.4, 0.5) is 9.18 Å². The lowest BCUT2D eigenvalue weighted by atomic mass is 10.1. The van der Waals surface area contributed by atoms with E-state index < -0.39 is 18.3 Å². The van der Waals surface area contributed by atoms with Crippen molar-refractivity contribution in [1.82, 2.24) is 5.32 Å². The molecule has 0 aromatic carbocycles. The summed E-state index contributed by atoms with van der Waals surface area (Å²) in [5.41, 5.74) is -0.757. The number of carbonyl (C=O) groups excluding carboxylic acids is 1. The minimum atomic E-state index is -0.757. The number of alkyl halides is 1. The van der Waals surface area contributed by atoms with Gasteiger partial charge in [-0.15, -0.1) is 6.42 Å². The molecular formula is C8H12FNO2. The van der Waals surface area contributed by atoms with E-state index in [9.17, 15) is 9.18 Å². The van der Waals surface area contributed by atoms with Gasteiger partial charge in [0.1, 0.15) is 13.3 Å². The van der Waals surface area contributed by atoms with Crippen molar-refractivity contribution in [3.63, 3.8) is 0 Å². The number of nitrogens with one attached hydrogen (secondary N) is 1. The Morgan fingerprint density at radius 2 is 2.33 bits per heavy atom. The molecule has 0 aromatic heterocycles. The summed E-state index contributed by atoms with van der Waals surface area (Å²) in [4.78, 5) is 10.8. The molecule has 68 valence electrons. The summed E-state index contributed by atoms with van der Waals surface area (Å²) in [6, 6.07) is 0. The van der Waals surface area contributed by atoms with E-state index in [0.29, 0.717) is 0 Å². The van der Waals surface area contributed by atoms with E-state index in [1.165, 1.54) is 0 Å². The van der Waals surface area contributed by atoms with Gasteiger partial charge in [-0.1, -0.05) is 5.92 Å². The Balaban J connectivity index is 3.78. The number of amides is 1. The largest absolute Gasteiger partial charge is 0.447 e. The predicted octanol–water partition coefficient (Wildman–Crippen LogP) is 1.09. The molecule has 0 spiro atoms. The van der Waals surface area contributed by atoms with E-state index in [4.69, 9.17) is 6.42 Å². The van der Waals surface area contributed by atoms with E-state index in [-0.39, 0.29) is 6.61 Å². The van der Waals surface area contributed by atoms with E-state index in [1.54, 1.807) is 13.8 Å². The second-order valence-corrected chi connectivity index (χ2v) is 2.72. The van der Waals surface area contributed by atoms with Crippen molar-refractivity contribution in [3.8, 4) is 12.3 Å². The molecule has 0 rings (SSSR count). The molecule has 0 aliphatic rings. The zero-order valence-electron chi connectivity index (χ0n) is 7.19. The quantitative estimate of drug-likeness (QED) is 0.649. The third kappa shape index (κ3) is 4.56. The van der Waals surface area contributed by atoms with Crippen LogP contribution < -0.4 is 5.32 Å². The number of alkyl carbamates (subject to hydrolysis) is 1. The molecule has 1 amide bonds. The SMILES string of the molecule is C#CC(C)(C)NC(=O)OCCF. The first-order valence-electron chi connectivity index (χ1n) is 3.50. The van der Waals surface area contributed by atoms with Gasteiger partial charge in [-0.2, -0.15) is 0 Å². The van der Waals surface area contributed by atoms with Crippen LogP contribution in [-0.2, 0) is 4.74 Å². The molecule has 0 saturated carbocycles. The van der Waals surface area contributed by atoms with Crippen molar-refractivity contribution in [3.05, 3.63) is 0 Å². The van der Waals surface area contributed by atoms with E-state index in [2.05, 4.69) is 16.0 Å². The highest BCUT2D eigenvalue weighted by Gasteiger charge is 2.17. The maximum atomic E-state index is 11.5. The van der Waals surface area contributed by atoms with Gasteiger partial charge in [0.25, 0.3) is 0 Å². The first-order valence-corrected chi connectivity index (χ1v) is 3.50. The minimum absolute atomic E-state index is 0.244. The lowest BCUT2D eigenvalue weighted by Crippen LogP contribution is -2.42. The number of halogens is 1. The van der Waals surface area contributed by atoms with Gasteiger partial charge in [0.15, 0.2) is 0 Å². The monoisotopic (exact) mass is 173 g/mol. The Kier molecular flexibility index (Phi) is 4.12. The molecule has 12 heavy (non-hydrogen) atoms. The predicted molar refractivity (Wildman–Crippen MR) is 43.4 cm³/mol. The summed E-state index contributed by atoms with van der Waals surface area (Å²) < 4.78 is 15.9. The average molecular weight is 173 g/mol. The van der Waals surface area contributed by atoms with Crippen LogP contribution in [0, 0.1) is 12.3 Å². The van der Waals surface area contributed by atoms with Crippen LogP contribution in [0.3, 0.4) is 0 Å². The Bertz CT molecular complexity index is 196. The van der Waals surface area contributed by atoms with Crippen LogP contribution >= 0.6 is 0 Å². The summed E-state index contributed by atoms with van der Waals surface area (Å²) >= 11 is 0. The van der Waals surface area contributed by atoms with Crippen molar-refractivity contribution in [2.24, 2.45) is 0 Å². The summed E-state index contributed by atoms with van der Waals surface area (Å²) in [6.07, 6.45) is 4.39. The minimum Gasteiger partial charge on any atom is -0.447 e. The van der Waals surface area contributed by atoms with Gasteiger partial charge in [0.2, 0.25) is 0 Å². The normalized spacial score (nSPS) is 10.2. The van der Waals surface area contributed by atoms with Crippen LogP contribution in [0.15, 0.2) is 0 Å². The summed E-state index contributed by atoms with van der Waals surface area (Å²) in [6.45, 7) is 2.35. The zero-order chi connectivity index (χ0) is 9.61. The smallest absolute Gasteiger partial charge is 0.408 e. The van der Waals surface area contributed by atoms with Crippen molar-refractivity contribution < 1.29 is 13.9 Å². The molecule has 0 fully saturated rings. The second-order valence-electron chi connectivity index (χ2n) is 2.72. The van der Waals surface area contributed by atoms with Gasteiger partial charge in [0.05, 0.1) is 5.54 Å². The Morgan fingerprint density at radius 1 is 1.75 bits per heavy atom. The number of ether oxygens (including phenoxy) is 1. The van der Waals surface area contributed by atoms with Crippen LogP contribution in [0.5, 0.6) is 0 Å². The number of rotatable bonds is 3. The highest BCUT2D eigenvalue weighted by atomic mass is 19.1. The van der Waals surface area contributed by atoms with Gasteiger partial charge in [0, 0.05) is 0 Å². The van der Waals surface area contributed by atoms with Crippen molar-refractivity contribution in [2.45, 2.75) is 19.4 Å². The summed E-state index contributed by atoms with van der Waals surface area (Å²) in [5.74, 6) is 2.34. The maximum absolute atomic E-state index is 11.5. The van der Waals surface area contributed by atoms with Crippen molar-refractivity contribution in [2.75, 3.05) is 13.3 Å². The topological polar surface area (TPSA) is 38.3 Å². The van der Waals surface area contributed by atoms with Crippen LogP contribution in [0.25, 0.3) is 0 Å². The van der Waals surface area contributed by atoms with Crippen LogP contribution in [0.1, 0.15) is 13.8 Å². The molecule has 0 saturated heterocycles. The summed E-state index contributed by atoms with van der Waals surface area (Å²) in [7, 11) is 0. The molecule has 0 bridgehead atoms. The third-order valence-corrected chi connectivity index (χ3v) is 1.09. The highest BCUT2D eigenvalue weighted by molar-refractivity contribution is 5.68. The lowest BCUT2D eigenvalue weighted by Gasteiger charge is -2.18. The molecule has 3 nitrogen and oxygen atoms in total. The fraction of sp³-hybridized carbons (Fsp3) is 0.625. The maximum Gasteiger partial charge on any atom is 0.408 e. The molecule has 0 aromatic rings. The van der Waals surface area contributed by atoms with Crippen LogP contribution in [-0.4, -0.2) is 24.9 Å². The Labute approximate surface area is 71.3 Å². The van der Waals surface area contributed by atoms with Gasteiger partial charge in [-0.05, 0) is 13.8 Å². The van der Waals surface area contributed by atoms with E-state index >= 15 is 0 Å². The molecular weight excluding hydrogens is 161 g/mol. The first kappa shape index (κ1) is 10.8. The van der Waals surface area contributed by atoms with Crippen molar-refractivity contribution in [1.29, 1.82) is 0 Å². The second kappa shape index (κ2) is 4.60. The fourth-order valence-electron chi connectivity index (χ4n) is 0.459. The van der Waals surface area contributed by atoms with E-state index in [0.717, 1.165) is 0 Å². The van der Waals surface area contributed by atoms with Gasteiger partial charge >= 0.3 is 6.09 Å². The van der Waals surface area contributed by atoms with Gasteiger partial charge in [-0.25, -0.2) is 9.18 Å². The lowest BCUT2D eigenvalue weighted by molar-refractivity contribution is 0.132. The Hall–Kier alpha value is -1.24. The Morgan fingerprint density at radius 3 is 2.75 bits per heavy atom. The fourth-order valence-corrected chi connectivity index (χ4v) is 0.459. The molecule has 1 N–H and O–H groups in total. The molecule has 0 unspecified atom stereocenters. The van der Waals surface area contributed by atoms with Crippen molar-refractivity contribution >= 4 is 6.09 Å². The highest BCUT2D eigenvalue weighted by Crippen LogP contribution is 1.98. The molecule has 0 radical (unpaired) electrons. The molecule has 0 aliphatic carbocycles. The number of hydrogen-bond acceptors (Lipinski definition) is 2. The van der Waals surface area contributed by atoms with E-state index in [1.807, 2.05) is 0 Å². The average Bonchev–Trinajstić information content (AvgIpc) is 2.00. The third-order valence-electron chi connectivity index (χ3n) is 1.09. The summed E-state index contributed by atoms with van der Waals surface area (Å²) in [5, 5.41) is 2.38.